The Bertz CT molecular complexity index is 1040. The molecule has 2 aromatic carbocycles. The number of hydrogen-bond donors (Lipinski definition) is 4. The summed E-state index contributed by atoms with van der Waals surface area (Å²) in [5.41, 5.74) is 0.103. The molecule has 0 aliphatic carbocycles. The molecule has 0 aliphatic heterocycles. The number of carbonyl (C=O) groups is 3. The van der Waals surface area contributed by atoms with Crippen molar-refractivity contribution in [3.63, 3.8) is 0 Å². The quantitative estimate of drug-likeness (QED) is 0.307. The Morgan fingerprint density at radius 1 is 0.846 bits per heavy atom. The van der Waals surface area contributed by atoms with Crippen LogP contribution in [0.25, 0.3) is 0 Å². The molecule has 2 aromatic rings. The summed E-state index contributed by atoms with van der Waals surface area (Å²) < 4.78 is 11.0. The van der Waals surface area contributed by atoms with Crippen molar-refractivity contribution in [2.45, 2.75) is 84.2 Å². The summed E-state index contributed by atoms with van der Waals surface area (Å²) in [5.74, 6) is -0.169. The molecule has 4 atom stereocenters. The minimum Gasteiger partial charge on any atom is -0.491 e. The lowest BCUT2D eigenvalue weighted by atomic mass is 9.99. The lowest BCUT2D eigenvalue weighted by molar-refractivity contribution is -0.130. The molecule has 0 saturated carbocycles. The smallest absolute Gasteiger partial charge is 0.408 e. The number of carbonyl (C=O) groups excluding carboxylic acids is 3. The van der Waals surface area contributed by atoms with Crippen LogP contribution in [0.5, 0.6) is 5.75 Å². The lowest BCUT2D eigenvalue weighted by Crippen LogP contribution is -2.56. The highest BCUT2D eigenvalue weighted by Gasteiger charge is 2.29. The number of amides is 3. The summed E-state index contributed by atoms with van der Waals surface area (Å²) in [6.07, 6.45) is -0.956. The number of alkyl carbamates (subject to hydrolysis) is 1. The molecule has 9 heteroatoms. The first-order valence-electron chi connectivity index (χ1n) is 13.3. The number of aliphatic hydroxyl groups is 1. The first-order valence-corrected chi connectivity index (χ1v) is 13.3. The summed E-state index contributed by atoms with van der Waals surface area (Å²) in [4.78, 5) is 38.7. The van der Waals surface area contributed by atoms with Gasteiger partial charge in [0.2, 0.25) is 11.8 Å². The Morgan fingerprint density at radius 2 is 1.44 bits per heavy atom. The summed E-state index contributed by atoms with van der Waals surface area (Å²) in [5, 5.41) is 19.0. The molecule has 0 unspecified atom stereocenters. The van der Waals surface area contributed by atoms with E-state index in [0.717, 1.165) is 5.56 Å². The number of aliphatic hydroxyl groups excluding tert-OH is 1. The molecule has 214 valence electrons. The molecule has 0 bridgehead atoms. The van der Waals surface area contributed by atoms with Gasteiger partial charge in [0.25, 0.3) is 0 Å². The van der Waals surface area contributed by atoms with Gasteiger partial charge < -0.3 is 30.5 Å². The number of ether oxygens (including phenoxy) is 2. The molecule has 3 amide bonds. The molecule has 9 nitrogen and oxygen atoms in total. The number of hydrogen-bond acceptors (Lipinski definition) is 6. The van der Waals surface area contributed by atoms with Crippen LogP contribution in [0.2, 0.25) is 0 Å². The molecule has 0 fully saturated rings. The summed E-state index contributed by atoms with van der Waals surface area (Å²) >= 11 is 0. The van der Waals surface area contributed by atoms with E-state index in [1.165, 1.54) is 0 Å². The summed E-state index contributed by atoms with van der Waals surface area (Å²) in [7, 11) is 0. The van der Waals surface area contributed by atoms with E-state index in [2.05, 4.69) is 16.0 Å². The van der Waals surface area contributed by atoms with E-state index in [1.54, 1.807) is 39.8 Å². The fourth-order valence-electron chi connectivity index (χ4n) is 3.83. The molecular formula is C30H43N3O6. The van der Waals surface area contributed by atoms with Gasteiger partial charge in [0.05, 0.1) is 6.04 Å². The van der Waals surface area contributed by atoms with Crippen LogP contribution in [0.1, 0.15) is 53.5 Å². The zero-order valence-corrected chi connectivity index (χ0v) is 23.8. The van der Waals surface area contributed by atoms with Gasteiger partial charge in [-0.1, -0.05) is 62.4 Å². The van der Waals surface area contributed by atoms with Crippen LogP contribution in [0, 0.1) is 5.92 Å². The van der Waals surface area contributed by atoms with Crippen molar-refractivity contribution in [2.75, 3.05) is 6.61 Å². The zero-order chi connectivity index (χ0) is 29.0. The molecule has 0 aliphatic rings. The normalized spacial score (nSPS) is 14.5. The minimum absolute atomic E-state index is 0.00137. The van der Waals surface area contributed by atoms with Gasteiger partial charge >= 0.3 is 6.09 Å². The third-order valence-corrected chi connectivity index (χ3v) is 5.72. The maximum atomic E-state index is 13.2. The van der Waals surface area contributed by atoms with Crippen LogP contribution in [-0.4, -0.2) is 59.5 Å². The van der Waals surface area contributed by atoms with Crippen molar-refractivity contribution in [1.29, 1.82) is 0 Å². The van der Waals surface area contributed by atoms with E-state index in [-0.39, 0.29) is 18.9 Å². The minimum atomic E-state index is -0.964. The Kier molecular flexibility index (Phi) is 12.3. The van der Waals surface area contributed by atoms with Crippen molar-refractivity contribution in [3.8, 4) is 5.75 Å². The van der Waals surface area contributed by atoms with E-state index in [0.29, 0.717) is 12.2 Å². The van der Waals surface area contributed by atoms with Crippen LogP contribution in [-0.2, 0) is 20.7 Å². The highest BCUT2D eigenvalue weighted by atomic mass is 16.6. The van der Waals surface area contributed by atoms with Crippen LogP contribution in [0.15, 0.2) is 60.7 Å². The monoisotopic (exact) mass is 541 g/mol. The molecular weight excluding hydrogens is 498 g/mol. The van der Waals surface area contributed by atoms with Gasteiger partial charge in [0, 0.05) is 6.42 Å². The maximum absolute atomic E-state index is 13.2. The topological polar surface area (TPSA) is 126 Å². The highest BCUT2D eigenvalue weighted by molar-refractivity contribution is 5.91. The Hall–Kier alpha value is -3.59. The average Bonchev–Trinajstić information content (AvgIpc) is 2.86. The van der Waals surface area contributed by atoms with E-state index >= 15 is 0 Å². The Labute approximate surface area is 231 Å². The van der Waals surface area contributed by atoms with Crippen molar-refractivity contribution in [3.05, 3.63) is 66.2 Å². The zero-order valence-electron chi connectivity index (χ0n) is 23.8. The van der Waals surface area contributed by atoms with Gasteiger partial charge in [-0.05, 0) is 57.7 Å². The molecule has 0 aromatic heterocycles. The number of rotatable bonds is 13. The number of para-hydroxylation sites is 1. The fourth-order valence-corrected chi connectivity index (χ4v) is 3.83. The first kappa shape index (κ1) is 31.6. The van der Waals surface area contributed by atoms with Crippen LogP contribution >= 0.6 is 0 Å². The van der Waals surface area contributed by atoms with Gasteiger partial charge in [-0.25, -0.2) is 4.79 Å². The third-order valence-electron chi connectivity index (χ3n) is 5.72. The van der Waals surface area contributed by atoms with Gasteiger partial charge in [0.1, 0.15) is 36.1 Å². The summed E-state index contributed by atoms with van der Waals surface area (Å²) in [6.45, 7) is 10.7. The lowest BCUT2D eigenvalue weighted by Gasteiger charge is -2.28. The highest BCUT2D eigenvalue weighted by Crippen LogP contribution is 2.13. The molecule has 2 rings (SSSR count). The SMILES string of the molecule is CC(C)C[C@@H](NC(=O)[C@H](C)NC(=O)[C@H](Cc1ccccc1)NC(=O)OC(C)(C)C)[C@H](O)COc1ccccc1. The molecule has 0 spiro atoms. The van der Waals surface area contributed by atoms with Crippen molar-refractivity contribution < 1.29 is 29.0 Å². The number of benzene rings is 2. The third kappa shape index (κ3) is 12.2. The van der Waals surface area contributed by atoms with Crippen molar-refractivity contribution >= 4 is 17.9 Å². The molecule has 39 heavy (non-hydrogen) atoms. The van der Waals surface area contributed by atoms with Crippen LogP contribution in [0.4, 0.5) is 4.79 Å². The standard InChI is InChI=1S/C30H43N3O6/c1-20(2)17-24(26(34)19-38-23-15-11-8-12-16-23)32-27(35)21(3)31-28(36)25(18-22-13-9-7-10-14-22)33-29(37)39-30(4,5)6/h7-16,20-21,24-26,34H,17-19H2,1-6H3,(H,31,36)(H,32,35)(H,33,37)/t21-,24+,25-,26+/m0/s1. The molecule has 4 N–H and O–H groups in total. The second-order valence-corrected chi connectivity index (χ2v) is 11.1. The van der Waals surface area contributed by atoms with E-state index < -0.39 is 47.7 Å². The fraction of sp³-hybridized carbons (Fsp3) is 0.500. The average molecular weight is 542 g/mol. The predicted molar refractivity (Wildman–Crippen MR) is 150 cm³/mol. The predicted octanol–water partition coefficient (Wildman–Crippen LogP) is 3.60. The van der Waals surface area contributed by atoms with Crippen LogP contribution < -0.4 is 20.7 Å². The Morgan fingerprint density at radius 3 is 2.00 bits per heavy atom. The Balaban J connectivity index is 2.04. The van der Waals surface area contributed by atoms with E-state index in [1.807, 2.05) is 62.4 Å². The van der Waals surface area contributed by atoms with Gasteiger partial charge in [0.15, 0.2) is 0 Å². The molecule has 0 radical (unpaired) electrons. The van der Waals surface area contributed by atoms with Gasteiger partial charge in [-0.2, -0.15) is 0 Å². The van der Waals surface area contributed by atoms with E-state index in [9.17, 15) is 19.5 Å². The summed E-state index contributed by atoms with van der Waals surface area (Å²) in [6, 6.07) is 15.9. The largest absolute Gasteiger partial charge is 0.491 e. The first-order chi connectivity index (χ1) is 18.3. The van der Waals surface area contributed by atoms with Crippen LogP contribution in [0.3, 0.4) is 0 Å². The van der Waals surface area contributed by atoms with Crippen molar-refractivity contribution in [1.82, 2.24) is 16.0 Å². The second kappa shape index (κ2) is 15.1. The number of nitrogens with one attached hydrogen (secondary N) is 3. The maximum Gasteiger partial charge on any atom is 0.408 e. The van der Waals surface area contributed by atoms with E-state index in [4.69, 9.17) is 9.47 Å². The molecule has 0 saturated heterocycles. The molecule has 0 heterocycles. The van der Waals surface area contributed by atoms with Gasteiger partial charge in [-0.3, -0.25) is 9.59 Å². The second-order valence-electron chi connectivity index (χ2n) is 11.1. The van der Waals surface area contributed by atoms with Crippen molar-refractivity contribution in [2.24, 2.45) is 5.92 Å². The van der Waals surface area contributed by atoms with Gasteiger partial charge in [-0.15, -0.1) is 0 Å².